The summed E-state index contributed by atoms with van der Waals surface area (Å²) in [5.74, 6) is -1.53. The third-order valence-electron chi connectivity index (χ3n) is 3.82. The van der Waals surface area contributed by atoms with Crippen molar-refractivity contribution in [2.45, 2.75) is 20.3 Å². The first-order valence-electron chi connectivity index (χ1n) is 7.56. The monoisotopic (exact) mass is 326 g/mol. The van der Waals surface area contributed by atoms with Gasteiger partial charge in [-0.05, 0) is 31.0 Å². The predicted molar refractivity (Wildman–Crippen MR) is 89.4 cm³/mol. The van der Waals surface area contributed by atoms with E-state index in [9.17, 15) is 9.59 Å². The Morgan fingerprint density at radius 2 is 1.88 bits per heavy atom. The van der Waals surface area contributed by atoms with E-state index in [-0.39, 0.29) is 12.2 Å². The highest BCUT2D eigenvalue weighted by Gasteiger charge is 2.26. The summed E-state index contributed by atoms with van der Waals surface area (Å²) in [5.41, 5.74) is 2.69. The number of aromatic nitrogens is 1. The van der Waals surface area contributed by atoms with E-state index in [1.54, 1.807) is 30.7 Å². The number of carbonyl (C=O) groups excluding carboxylic acids is 1. The minimum atomic E-state index is -1.03. The van der Waals surface area contributed by atoms with Gasteiger partial charge in [0.15, 0.2) is 0 Å². The molecule has 6 heteroatoms. The molecule has 0 atom stereocenters. The molecule has 1 aromatic heterocycles. The number of ether oxygens (including phenoxy) is 1. The molecule has 0 saturated heterocycles. The highest BCUT2D eigenvalue weighted by Crippen LogP contribution is 2.39. The lowest BCUT2D eigenvalue weighted by Crippen LogP contribution is -2.12. The Bertz CT molecular complexity index is 826. The van der Waals surface area contributed by atoms with Crippen LogP contribution >= 0.6 is 0 Å². The number of esters is 1. The molecule has 1 heterocycles. The maximum absolute atomic E-state index is 12.4. The second-order valence-electron chi connectivity index (χ2n) is 5.15. The minimum absolute atomic E-state index is 0.146. The largest absolute Gasteiger partial charge is 0.478 e. The lowest BCUT2D eigenvalue weighted by atomic mass is 10.0. The fourth-order valence-electron chi connectivity index (χ4n) is 2.73. The van der Waals surface area contributed by atoms with Crippen molar-refractivity contribution in [1.29, 1.82) is 0 Å². The Hall–Kier alpha value is -3.07. The number of hydrogen-bond donors (Lipinski definition) is 1. The quantitative estimate of drug-likeness (QED) is 0.672. The average Bonchev–Trinajstić information content (AvgIpc) is 2.86. The molecule has 1 aromatic carbocycles. The van der Waals surface area contributed by atoms with Crippen molar-refractivity contribution in [3.63, 3.8) is 0 Å². The number of aromatic carboxylic acids is 1. The van der Waals surface area contributed by atoms with E-state index < -0.39 is 11.9 Å². The van der Waals surface area contributed by atoms with Crippen LogP contribution in [0.4, 0.5) is 5.69 Å². The molecule has 0 fully saturated rings. The molecule has 1 N–H and O–H groups in total. The van der Waals surface area contributed by atoms with Crippen molar-refractivity contribution in [3.05, 3.63) is 52.6 Å². The summed E-state index contributed by atoms with van der Waals surface area (Å²) >= 11 is 0. The lowest BCUT2D eigenvalue weighted by molar-refractivity contribution is 0.0515. The van der Waals surface area contributed by atoms with Crippen molar-refractivity contribution >= 4 is 17.6 Å². The Morgan fingerprint density at radius 1 is 1.25 bits per heavy atom. The van der Waals surface area contributed by atoms with Gasteiger partial charge in [0.25, 0.3) is 0 Å². The fraction of sp³-hybridized carbons (Fsp3) is 0.278. The molecule has 0 radical (unpaired) electrons. The average molecular weight is 326 g/mol. The maximum Gasteiger partial charge on any atom is 0.354 e. The van der Waals surface area contributed by atoms with Gasteiger partial charge in [0.2, 0.25) is 5.69 Å². The molecule has 2 aromatic rings. The Morgan fingerprint density at radius 3 is 2.33 bits per heavy atom. The lowest BCUT2D eigenvalue weighted by Gasteiger charge is -2.09. The van der Waals surface area contributed by atoms with E-state index in [0.29, 0.717) is 28.9 Å². The van der Waals surface area contributed by atoms with Crippen molar-refractivity contribution in [1.82, 2.24) is 4.57 Å². The van der Waals surface area contributed by atoms with E-state index in [4.69, 9.17) is 16.4 Å². The Kier molecular flexibility index (Phi) is 5.05. The highest BCUT2D eigenvalue weighted by molar-refractivity contribution is 6.02. The number of carboxylic acids is 1. The van der Waals surface area contributed by atoms with Crippen LogP contribution in [0.2, 0.25) is 0 Å². The van der Waals surface area contributed by atoms with Gasteiger partial charge in [0.1, 0.15) is 5.69 Å². The van der Waals surface area contributed by atoms with Crippen molar-refractivity contribution < 1.29 is 19.4 Å². The molecule has 0 unspecified atom stereocenters. The van der Waals surface area contributed by atoms with Crippen LogP contribution in [0.15, 0.2) is 24.3 Å². The molecule has 24 heavy (non-hydrogen) atoms. The zero-order valence-corrected chi connectivity index (χ0v) is 13.8. The summed E-state index contributed by atoms with van der Waals surface area (Å²) in [4.78, 5) is 27.0. The van der Waals surface area contributed by atoms with Crippen LogP contribution in [0.1, 0.15) is 40.4 Å². The van der Waals surface area contributed by atoms with E-state index in [0.717, 1.165) is 5.69 Å². The molecule has 0 aliphatic rings. The normalized spacial score (nSPS) is 10.2. The smallest absolute Gasteiger partial charge is 0.354 e. The first kappa shape index (κ1) is 17.3. The molecule has 0 spiro atoms. The van der Waals surface area contributed by atoms with Gasteiger partial charge in [-0.15, -0.1) is 0 Å². The van der Waals surface area contributed by atoms with Crippen LogP contribution in [0.5, 0.6) is 0 Å². The third-order valence-corrected chi connectivity index (χ3v) is 3.82. The molecule has 0 amide bonds. The van der Waals surface area contributed by atoms with Crippen LogP contribution in [0, 0.1) is 6.57 Å². The molecular formula is C18H18N2O4. The second-order valence-corrected chi connectivity index (χ2v) is 5.15. The van der Waals surface area contributed by atoms with Gasteiger partial charge < -0.3 is 14.4 Å². The van der Waals surface area contributed by atoms with Crippen LogP contribution in [-0.2, 0) is 18.2 Å². The third kappa shape index (κ3) is 2.88. The Labute approximate surface area is 140 Å². The molecule has 124 valence electrons. The summed E-state index contributed by atoms with van der Waals surface area (Å²) < 4.78 is 6.82. The SMILES string of the molecule is [C-]#[N+]c1c(-c2ccc(C(=O)O)cc2)c(C(=O)OCC)n(C)c1CC. The van der Waals surface area contributed by atoms with Crippen molar-refractivity contribution in [3.8, 4) is 11.1 Å². The van der Waals surface area contributed by atoms with E-state index in [1.807, 2.05) is 6.92 Å². The van der Waals surface area contributed by atoms with Crippen LogP contribution in [-0.4, -0.2) is 28.2 Å². The minimum Gasteiger partial charge on any atom is -0.478 e. The summed E-state index contributed by atoms with van der Waals surface area (Å²) in [7, 11) is 1.73. The first-order chi connectivity index (χ1) is 11.5. The summed E-state index contributed by atoms with van der Waals surface area (Å²) in [6.45, 7) is 11.4. The zero-order valence-electron chi connectivity index (χ0n) is 13.8. The standard InChI is InChI=1S/C18H18N2O4/c1-5-13-15(19-3)14(16(20(13)4)18(23)24-6-2)11-7-9-12(10-8-11)17(21)22/h7-10H,5-6H2,1-2,4H3,(H,21,22). The van der Waals surface area contributed by atoms with Gasteiger partial charge in [0, 0.05) is 18.3 Å². The van der Waals surface area contributed by atoms with Gasteiger partial charge in [-0.25, -0.2) is 14.4 Å². The number of hydrogen-bond acceptors (Lipinski definition) is 3. The Balaban J connectivity index is 2.73. The number of carbonyl (C=O) groups is 2. The van der Waals surface area contributed by atoms with Crippen LogP contribution in [0.3, 0.4) is 0 Å². The molecule has 0 saturated carbocycles. The van der Waals surface area contributed by atoms with Gasteiger partial charge in [-0.1, -0.05) is 19.1 Å². The summed E-state index contributed by atoms with van der Waals surface area (Å²) in [5, 5.41) is 9.02. The zero-order chi connectivity index (χ0) is 17.9. The molecule has 0 bridgehead atoms. The molecule has 2 rings (SSSR count). The number of rotatable bonds is 5. The maximum atomic E-state index is 12.4. The molecule has 6 nitrogen and oxygen atoms in total. The molecule has 0 aliphatic carbocycles. The number of benzene rings is 1. The van der Waals surface area contributed by atoms with E-state index in [1.165, 1.54) is 12.1 Å². The number of nitrogens with zero attached hydrogens (tertiary/aromatic N) is 2. The van der Waals surface area contributed by atoms with Crippen molar-refractivity contribution in [2.24, 2.45) is 7.05 Å². The summed E-state index contributed by atoms with van der Waals surface area (Å²) in [6.07, 6.45) is 0.591. The van der Waals surface area contributed by atoms with Gasteiger partial charge in [-0.2, -0.15) is 0 Å². The second kappa shape index (κ2) is 7.01. The van der Waals surface area contributed by atoms with Gasteiger partial charge in [0.05, 0.1) is 18.7 Å². The topological polar surface area (TPSA) is 72.9 Å². The van der Waals surface area contributed by atoms with Crippen LogP contribution < -0.4 is 0 Å². The fourth-order valence-corrected chi connectivity index (χ4v) is 2.73. The highest BCUT2D eigenvalue weighted by atomic mass is 16.5. The van der Waals surface area contributed by atoms with Gasteiger partial charge in [-0.3, -0.25) is 0 Å². The number of carboxylic acid groups (broad SMARTS) is 1. The van der Waals surface area contributed by atoms with Crippen LogP contribution in [0.25, 0.3) is 16.0 Å². The van der Waals surface area contributed by atoms with E-state index >= 15 is 0 Å². The summed E-state index contributed by atoms with van der Waals surface area (Å²) in [6, 6.07) is 6.13. The van der Waals surface area contributed by atoms with Gasteiger partial charge >= 0.3 is 11.9 Å². The molecular weight excluding hydrogens is 308 g/mol. The first-order valence-corrected chi connectivity index (χ1v) is 7.56. The molecule has 0 aliphatic heterocycles. The van der Waals surface area contributed by atoms with Crippen molar-refractivity contribution in [2.75, 3.05) is 6.61 Å². The van der Waals surface area contributed by atoms with E-state index in [2.05, 4.69) is 4.85 Å². The predicted octanol–water partition coefficient (Wildman–Crippen LogP) is 3.68.